The summed E-state index contributed by atoms with van der Waals surface area (Å²) in [5.74, 6) is 0.511. The molecule has 0 aromatic rings. The van der Waals surface area contributed by atoms with E-state index in [1.165, 1.54) is 0 Å². The first-order chi connectivity index (χ1) is 9.48. The fourth-order valence-corrected chi connectivity index (χ4v) is 2.64. The summed E-state index contributed by atoms with van der Waals surface area (Å²) < 4.78 is 11.3. The Hall–Kier alpha value is -0.810. The van der Waals surface area contributed by atoms with Gasteiger partial charge in [-0.15, -0.1) is 0 Å². The maximum Gasteiger partial charge on any atom is 0.412 e. The molecule has 1 aliphatic rings. The van der Waals surface area contributed by atoms with E-state index in [9.17, 15) is 9.90 Å². The molecule has 0 radical (unpaired) electrons. The Bertz CT molecular complexity index is 360. The Labute approximate surface area is 128 Å². The van der Waals surface area contributed by atoms with Gasteiger partial charge in [0, 0.05) is 6.61 Å². The molecule has 0 aliphatic carbocycles. The molecule has 1 N–H and O–H groups in total. The summed E-state index contributed by atoms with van der Waals surface area (Å²) in [5, 5.41) is 9.52. The van der Waals surface area contributed by atoms with Crippen molar-refractivity contribution in [2.75, 3.05) is 13.2 Å². The molecule has 1 aliphatic heterocycles. The van der Waals surface area contributed by atoms with Gasteiger partial charge in [0.1, 0.15) is 11.3 Å². The number of carbonyl (C=O) groups is 1. The van der Waals surface area contributed by atoms with Crippen molar-refractivity contribution in [2.24, 2.45) is 11.8 Å². The molecule has 5 heteroatoms. The van der Waals surface area contributed by atoms with Crippen LogP contribution in [-0.2, 0) is 9.47 Å². The van der Waals surface area contributed by atoms with E-state index < -0.39 is 11.3 Å². The predicted octanol–water partition coefficient (Wildman–Crippen LogP) is 3.01. The Balaban J connectivity index is 2.86. The second kappa shape index (κ2) is 6.53. The summed E-state index contributed by atoms with van der Waals surface area (Å²) in [5.41, 5.74) is -1.21. The predicted molar refractivity (Wildman–Crippen MR) is 81.9 cm³/mol. The summed E-state index contributed by atoms with van der Waals surface area (Å²) >= 11 is 0. The zero-order chi connectivity index (χ0) is 16.4. The standard InChI is InChI=1S/C16H31NO4/c1-11(2)12(9-18)8-13-10-20-16(6,7)17(13)14(19)21-15(3,4)5/h11-13,18H,8-10H2,1-7H3/t12-,13+/m1/s1. The number of ether oxygens (including phenoxy) is 2. The van der Waals surface area contributed by atoms with Gasteiger partial charge in [-0.3, -0.25) is 4.90 Å². The van der Waals surface area contributed by atoms with Crippen molar-refractivity contribution in [3.63, 3.8) is 0 Å². The monoisotopic (exact) mass is 301 g/mol. The van der Waals surface area contributed by atoms with Gasteiger partial charge in [-0.25, -0.2) is 4.79 Å². The van der Waals surface area contributed by atoms with E-state index in [2.05, 4.69) is 13.8 Å². The van der Waals surface area contributed by atoms with Crippen LogP contribution < -0.4 is 0 Å². The van der Waals surface area contributed by atoms with Crippen molar-refractivity contribution < 1.29 is 19.4 Å². The highest BCUT2D eigenvalue weighted by molar-refractivity contribution is 5.69. The Morgan fingerprint density at radius 1 is 1.43 bits per heavy atom. The van der Waals surface area contributed by atoms with E-state index in [0.29, 0.717) is 12.5 Å². The average molecular weight is 301 g/mol. The normalized spacial score (nSPS) is 23.5. The molecule has 5 nitrogen and oxygen atoms in total. The molecule has 2 atom stereocenters. The smallest absolute Gasteiger partial charge is 0.412 e. The number of hydrogen-bond acceptors (Lipinski definition) is 4. The SMILES string of the molecule is CC(C)[C@@H](CO)C[C@H]1COC(C)(C)N1C(=O)OC(C)(C)C. The van der Waals surface area contributed by atoms with Crippen molar-refractivity contribution in [3.8, 4) is 0 Å². The van der Waals surface area contributed by atoms with Crippen LogP contribution in [0, 0.1) is 11.8 Å². The topological polar surface area (TPSA) is 59.0 Å². The molecule has 1 rings (SSSR count). The molecular weight excluding hydrogens is 270 g/mol. The Kier molecular flexibility index (Phi) is 5.67. The van der Waals surface area contributed by atoms with Crippen LogP contribution in [0.2, 0.25) is 0 Å². The molecule has 0 aromatic carbocycles. The average Bonchev–Trinajstić information content (AvgIpc) is 2.58. The van der Waals surface area contributed by atoms with Gasteiger partial charge < -0.3 is 14.6 Å². The molecule has 0 bridgehead atoms. The van der Waals surface area contributed by atoms with Crippen LogP contribution in [0.15, 0.2) is 0 Å². The van der Waals surface area contributed by atoms with Gasteiger partial charge in [-0.05, 0) is 52.9 Å². The highest BCUT2D eigenvalue weighted by atomic mass is 16.6. The molecule has 1 heterocycles. The Morgan fingerprint density at radius 3 is 2.43 bits per heavy atom. The number of nitrogens with zero attached hydrogens (tertiary/aromatic N) is 1. The lowest BCUT2D eigenvalue weighted by atomic mass is 9.90. The third kappa shape index (κ3) is 4.85. The van der Waals surface area contributed by atoms with Crippen LogP contribution in [0.4, 0.5) is 4.79 Å². The molecule has 0 unspecified atom stereocenters. The second-order valence-electron chi connectivity index (χ2n) is 7.68. The minimum absolute atomic E-state index is 0.0607. The van der Waals surface area contributed by atoms with Crippen LogP contribution in [0.25, 0.3) is 0 Å². The largest absolute Gasteiger partial charge is 0.444 e. The number of carbonyl (C=O) groups excluding carboxylic acids is 1. The molecule has 0 saturated carbocycles. The fraction of sp³-hybridized carbons (Fsp3) is 0.938. The fourth-order valence-electron chi connectivity index (χ4n) is 2.64. The highest BCUT2D eigenvalue weighted by Gasteiger charge is 2.46. The minimum Gasteiger partial charge on any atom is -0.444 e. The van der Waals surface area contributed by atoms with Crippen molar-refractivity contribution >= 4 is 6.09 Å². The minimum atomic E-state index is -0.677. The van der Waals surface area contributed by atoms with Gasteiger partial charge in [0.15, 0.2) is 0 Å². The number of aliphatic hydroxyl groups excluding tert-OH is 1. The molecule has 1 fully saturated rings. The molecule has 1 amide bonds. The van der Waals surface area contributed by atoms with E-state index in [-0.39, 0.29) is 24.7 Å². The quantitative estimate of drug-likeness (QED) is 0.867. The third-order valence-corrected chi connectivity index (χ3v) is 3.92. The van der Waals surface area contributed by atoms with Gasteiger partial charge >= 0.3 is 6.09 Å². The molecule has 1 saturated heterocycles. The van der Waals surface area contributed by atoms with E-state index in [1.54, 1.807) is 4.90 Å². The van der Waals surface area contributed by atoms with Gasteiger partial charge in [0.05, 0.1) is 12.6 Å². The Morgan fingerprint density at radius 2 is 2.00 bits per heavy atom. The van der Waals surface area contributed by atoms with Crippen LogP contribution in [0.3, 0.4) is 0 Å². The molecular formula is C16H31NO4. The van der Waals surface area contributed by atoms with Crippen LogP contribution >= 0.6 is 0 Å². The van der Waals surface area contributed by atoms with Crippen molar-refractivity contribution in [1.29, 1.82) is 0 Å². The van der Waals surface area contributed by atoms with E-state index in [1.807, 2.05) is 34.6 Å². The lowest BCUT2D eigenvalue weighted by Crippen LogP contribution is -2.50. The van der Waals surface area contributed by atoms with Gasteiger partial charge in [0.2, 0.25) is 0 Å². The van der Waals surface area contributed by atoms with Gasteiger partial charge in [-0.2, -0.15) is 0 Å². The summed E-state index contributed by atoms with van der Waals surface area (Å²) in [4.78, 5) is 14.2. The van der Waals surface area contributed by atoms with Gasteiger partial charge in [-0.1, -0.05) is 13.8 Å². The number of hydrogen-bond donors (Lipinski definition) is 1. The first kappa shape index (κ1) is 18.2. The third-order valence-electron chi connectivity index (χ3n) is 3.92. The number of amides is 1. The summed E-state index contributed by atoms with van der Waals surface area (Å²) in [6, 6.07) is -0.0607. The van der Waals surface area contributed by atoms with Crippen LogP contribution in [0.5, 0.6) is 0 Å². The van der Waals surface area contributed by atoms with Crippen LogP contribution in [0.1, 0.15) is 54.9 Å². The second-order valence-corrected chi connectivity index (χ2v) is 7.68. The van der Waals surface area contributed by atoms with E-state index in [4.69, 9.17) is 9.47 Å². The van der Waals surface area contributed by atoms with Crippen LogP contribution in [-0.4, -0.2) is 46.7 Å². The lowest BCUT2D eigenvalue weighted by molar-refractivity contribution is -0.0635. The van der Waals surface area contributed by atoms with Gasteiger partial charge in [0.25, 0.3) is 0 Å². The van der Waals surface area contributed by atoms with E-state index >= 15 is 0 Å². The lowest BCUT2D eigenvalue weighted by Gasteiger charge is -2.36. The van der Waals surface area contributed by atoms with E-state index in [0.717, 1.165) is 6.42 Å². The summed E-state index contributed by atoms with van der Waals surface area (Å²) in [7, 11) is 0. The van der Waals surface area contributed by atoms with Crippen molar-refractivity contribution in [2.45, 2.75) is 72.3 Å². The summed E-state index contributed by atoms with van der Waals surface area (Å²) in [6.07, 6.45) is 0.368. The summed E-state index contributed by atoms with van der Waals surface area (Å²) in [6.45, 7) is 14.1. The zero-order valence-electron chi connectivity index (χ0n) is 14.5. The first-order valence-corrected chi connectivity index (χ1v) is 7.75. The molecule has 21 heavy (non-hydrogen) atoms. The van der Waals surface area contributed by atoms with Crippen molar-refractivity contribution in [1.82, 2.24) is 4.90 Å². The number of aliphatic hydroxyl groups is 1. The molecule has 0 spiro atoms. The van der Waals surface area contributed by atoms with Crippen molar-refractivity contribution in [3.05, 3.63) is 0 Å². The number of rotatable bonds is 4. The highest BCUT2D eigenvalue weighted by Crippen LogP contribution is 2.33. The molecule has 124 valence electrons. The molecule has 0 aromatic heterocycles. The maximum atomic E-state index is 12.5. The zero-order valence-corrected chi connectivity index (χ0v) is 14.5. The maximum absolute atomic E-state index is 12.5. The first-order valence-electron chi connectivity index (χ1n) is 7.75.